The molecule has 0 spiro atoms. The lowest BCUT2D eigenvalue weighted by Gasteiger charge is -2.12. The Kier molecular flexibility index (Phi) is 8.04. The first kappa shape index (κ1) is 19.1. The maximum absolute atomic E-state index is 11.8. The van der Waals surface area contributed by atoms with E-state index in [1.165, 1.54) is 12.8 Å². The predicted octanol–water partition coefficient (Wildman–Crippen LogP) is 3.73. The third-order valence-electron chi connectivity index (χ3n) is 3.93. The van der Waals surface area contributed by atoms with E-state index in [1.54, 1.807) is 31.2 Å². The summed E-state index contributed by atoms with van der Waals surface area (Å²) in [6.45, 7) is 3.31. The van der Waals surface area contributed by atoms with Crippen molar-refractivity contribution < 1.29 is 19.1 Å². The van der Waals surface area contributed by atoms with Crippen molar-refractivity contribution in [3.05, 3.63) is 24.3 Å². The zero-order chi connectivity index (χ0) is 17.9. The molecule has 1 aromatic carbocycles. The van der Waals surface area contributed by atoms with E-state index in [1.807, 2.05) is 0 Å². The molecule has 1 fully saturated rings. The van der Waals surface area contributed by atoms with Crippen molar-refractivity contribution >= 4 is 23.5 Å². The van der Waals surface area contributed by atoms with Crippen LogP contribution in [0.25, 0.3) is 0 Å². The minimum atomic E-state index is -0.499. The quantitative estimate of drug-likeness (QED) is 0.624. The molecule has 7 heteroatoms. The molecule has 0 unspecified atom stereocenters. The highest BCUT2D eigenvalue weighted by Crippen LogP contribution is 2.20. The first-order valence-corrected chi connectivity index (χ1v) is 8.87. The molecule has 3 amide bonds. The largest absolute Gasteiger partial charge is 0.450 e. The van der Waals surface area contributed by atoms with Crippen LogP contribution in [0.2, 0.25) is 0 Å². The summed E-state index contributed by atoms with van der Waals surface area (Å²) in [7, 11) is 0. The number of rotatable bonds is 8. The summed E-state index contributed by atoms with van der Waals surface area (Å²) in [5.41, 5.74) is 1.25. The van der Waals surface area contributed by atoms with Crippen molar-refractivity contribution in [1.82, 2.24) is 5.32 Å². The number of benzene rings is 1. The molecule has 0 aromatic heterocycles. The minimum absolute atomic E-state index is 0.257. The van der Waals surface area contributed by atoms with Gasteiger partial charge in [-0.05, 0) is 50.5 Å². The molecule has 138 valence electrons. The number of hydrogen-bond acceptors (Lipinski definition) is 4. The van der Waals surface area contributed by atoms with Crippen molar-refractivity contribution in [2.24, 2.45) is 0 Å². The van der Waals surface area contributed by atoms with E-state index in [4.69, 9.17) is 9.47 Å². The molecule has 0 heterocycles. The SMILES string of the molecule is CCOC(=O)Nc1ccc(NC(=O)NCCCOC2CCCC2)cc1. The van der Waals surface area contributed by atoms with Gasteiger partial charge in [-0.15, -0.1) is 0 Å². The Morgan fingerprint density at radius 3 is 2.36 bits per heavy atom. The van der Waals surface area contributed by atoms with Gasteiger partial charge >= 0.3 is 12.1 Å². The number of anilines is 2. The zero-order valence-electron chi connectivity index (χ0n) is 14.7. The predicted molar refractivity (Wildman–Crippen MR) is 96.9 cm³/mol. The summed E-state index contributed by atoms with van der Waals surface area (Å²) < 4.78 is 10.5. The Bertz CT molecular complexity index is 542. The van der Waals surface area contributed by atoms with E-state index in [9.17, 15) is 9.59 Å². The first-order valence-electron chi connectivity index (χ1n) is 8.87. The van der Waals surface area contributed by atoms with Gasteiger partial charge in [0, 0.05) is 24.5 Å². The lowest BCUT2D eigenvalue weighted by Crippen LogP contribution is -2.30. The summed E-state index contributed by atoms with van der Waals surface area (Å²) in [5, 5.41) is 8.14. The van der Waals surface area contributed by atoms with Gasteiger partial charge in [0.05, 0.1) is 12.7 Å². The summed E-state index contributed by atoms with van der Waals surface area (Å²) >= 11 is 0. The van der Waals surface area contributed by atoms with Crippen LogP contribution in [0.4, 0.5) is 21.0 Å². The Hall–Kier alpha value is -2.28. The van der Waals surface area contributed by atoms with Gasteiger partial charge in [-0.2, -0.15) is 0 Å². The van der Waals surface area contributed by atoms with Gasteiger partial charge in [0.2, 0.25) is 0 Å². The average Bonchev–Trinajstić information content (AvgIpc) is 3.10. The van der Waals surface area contributed by atoms with Crippen molar-refractivity contribution in [1.29, 1.82) is 0 Å². The van der Waals surface area contributed by atoms with Gasteiger partial charge < -0.3 is 20.1 Å². The van der Waals surface area contributed by atoms with Crippen LogP contribution in [0, 0.1) is 0 Å². The van der Waals surface area contributed by atoms with Crippen LogP contribution in [0.1, 0.15) is 39.0 Å². The van der Waals surface area contributed by atoms with Gasteiger partial charge in [-0.25, -0.2) is 9.59 Å². The van der Waals surface area contributed by atoms with Crippen LogP contribution >= 0.6 is 0 Å². The van der Waals surface area contributed by atoms with Gasteiger partial charge in [0.15, 0.2) is 0 Å². The smallest absolute Gasteiger partial charge is 0.411 e. The fourth-order valence-electron chi connectivity index (χ4n) is 2.68. The monoisotopic (exact) mass is 349 g/mol. The average molecular weight is 349 g/mol. The molecular formula is C18H27N3O4. The van der Waals surface area contributed by atoms with Crippen molar-refractivity contribution in [2.75, 3.05) is 30.4 Å². The Morgan fingerprint density at radius 1 is 1.08 bits per heavy atom. The number of urea groups is 1. The lowest BCUT2D eigenvalue weighted by molar-refractivity contribution is 0.0572. The van der Waals surface area contributed by atoms with Crippen LogP contribution in [-0.2, 0) is 9.47 Å². The van der Waals surface area contributed by atoms with E-state index in [0.29, 0.717) is 37.2 Å². The molecule has 0 atom stereocenters. The van der Waals surface area contributed by atoms with Crippen LogP contribution in [0.15, 0.2) is 24.3 Å². The fourth-order valence-corrected chi connectivity index (χ4v) is 2.68. The van der Waals surface area contributed by atoms with Crippen LogP contribution in [0.3, 0.4) is 0 Å². The van der Waals surface area contributed by atoms with E-state index < -0.39 is 6.09 Å². The molecule has 2 rings (SSSR count). The van der Waals surface area contributed by atoms with E-state index in [2.05, 4.69) is 16.0 Å². The Balaban J connectivity index is 1.60. The number of hydrogen-bond donors (Lipinski definition) is 3. The third-order valence-corrected chi connectivity index (χ3v) is 3.93. The van der Waals surface area contributed by atoms with Crippen molar-refractivity contribution in [3.63, 3.8) is 0 Å². The van der Waals surface area contributed by atoms with Gasteiger partial charge in [0.1, 0.15) is 0 Å². The molecule has 0 aliphatic heterocycles. The second-order valence-electron chi connectivity index (χ2n) is 5.93. The first-order chi connectivity index (χ1) is 12.2. The molecule has 1 aliphatic carbocycles. The second kappa shape index (κ2) is 10.6. The molecule has 3 N–H and O–H groups in total. The number of carbonyl (C=O) groups is 2. The summed E-state index contributed by atoms with van der Waals surface area (Å²) in [6.07, 6.45) is 5.56. The molecule has 0 saturated heterocycles. The van der Waals surface area contributed by atoms with E-state index >= 15 is 0 Å². The van der Waals surface area contributed by atoms with E-state index in [-0.39, 0.29) is 6.03 Å². The standard InChI is InChI=1S/C18H27N3O4/c1-2-24-18(23)21-15-10-8-14(9-11-15)20-17(22)19-12-5-13-25-16-6-3-4-7-16/h8-11,16H,2-7,12-13H2,1H3,(H,21,23)(H2,19,20,22). The van der Waals surface area contributed by atoms with E-state index in [0.717, 1.165) is 19.3 Å². The van der Waals surface area contributed by atoms with Crippen molar-refractivity contribution in [3.8, 4) is 0 Å². The number of ether oxygens (including phenoxy) is 2. The molecule has 1 aromatic rings. The van der Waals surface area contributed by atoms with Crippen molar-refractivity contribution in [2.45, 2.75) is 45.1 Å². The Morgan fingerprint density at radius 2 is 1.72 bits per heavy atom. The zero-order valence-corrected chi connectivity index (χ0v) is 14.7. The van der Waals surface area contributed by atoms with Gasteiger partial charge in [-0.1, -0.05) is 12.8 Å². The fraction of sp³-hybridized carbons (Fsp3) is 0.556. The molecule has 25 heavy (non-hydrogen) atoms. The highest BCUT2D eigenvalue weighted by molar-refractivity contribution is 5.90. The molecule has 1 aliphatic rings. The molecule has 1 saturated carbocycles. The second-order valence-corrected chi connectivity index (χ2v) is 5.93. The molecule has 7 nitrogen and oxygen atoms in total. The summed E-state index contributed by atoms with van der Waals surface area (Å²) in [4.78, 5) is 23.1. The van der Waals surface area contributed by atoms with Gasteiger partial charge in [0.25, 0.3) is 0 Å². The number of carbonyl (C=O) groups excluding carboxylic acids is 2. The molecule has 0 radical (unpaired) electrons. The van der Waals surface area contributed by atoms with Crippen LogP contribution in [-0.4, -0.2) is 38.0 Å². The topological polar surface area (TPSA) is 88.7 Å². The van der Waals surface area contributed by atoms with Gasteiger partial charge in [-0.3, -0.25) is 5.32 Å². The summed E-state index contributed by atoms with van der Waals surface area (Å²) in [6, 6.07) is 6.56. The lowest BCUT2D eigenvalue weighted by atomic mass is 10.3. The molecular weight excluding hydrogens is 322 g/mol. The maximum Gasteiger partial charge on any atom is 0.411 e. The van der Waals surface area contributed by atoms with Crippen LogP contribution in [0.5, 0.6) is 0 Å². The number of nitrogens with one attached hydrogen (secondary N) is 3. The number of amides is 3. The minimum Gasteiger partial charge on any atom is -0.450 e. The highest BCUT2D eigenvalue weighted by Gasteiger charge is 2.14. The third kappa shape index (κ3) is 7.43. The van der Waals surface area contributed by atoms with Crippen LogP contribution < -0.4 is 16.0 Å². The Labute approximate surface area is 148 Å². The molecule has 0 bridgehead atoms. The normalized spacial score (nSPS) is 14.1. The maximum atomic E-state index is 11.8. The summed E-state index contributed by atoms with van der Waals surface area (Å²) in [5.74, 6) is 0. The highest BCUT2D eigenvalue weighted by atomic mass is 16.5.